The molecular formula is C17H22N4O. The highest BCUT2D eigenvalue weighted by molar-refractivity contribution is 5.91. The Morgan fingerprint density at radius 1 is 1.18 bits per heavy atom. The molecule has 2 aromatic rings. The lowest BCUT2D eigenvalue weighted by molar-refractivity contribution is 0.0957. The zero-order chi connectivity index (χ0) is 16.2. The van der Waals surface area contributed by atoms with Gasteiger partial charge in [0.15, 0.2) is 5.69 Å². The zero-order valence-electron chi connectivity index (χ0n) is 13.5. The second-order valence-corrected chi connectivity index (χ2v) is 5.99. The summed E-state index contributed by atoms with van der Waals surface area (Å²) >= 11 is 0. The van der Waals surface area contributed by atoms with Crippen LogP contribution in [-0.2, 0) is 5.41 Å². The van der Waals surface area contributed by atoms with Crippen molar-refractivity contribution in [3.63, 3.8) is 0 Å². The number of aryl methyl sites for hydroxylation is 1. The van der Waals surface area contributed by atoms with Crippen molar-refractivity contribution in [2.24, 2.45) is 0 Å². The van der Waals surface area contributed by atoms with E-state index in [2.05, 4.69) is 65.9 Å². The van der Waals surface area contributed by atoms with E-state index in [1.54, 1.807) is 19.2 Å². The Hall–Kier alpha value is -2.43. The highest BCUT2D eigenvalue weighted by Crippen LogP contribution is 2.24. The summed E-state index contributed by atoms with van der Waals surface area (Å²) < 4.78 is 0. The molecule has 0 bridgehead atoms. The SMILES string of the molecule is CNC(=O)c1ccc(NCC(C)(C)c2cccc(C)c2)nn1. The topological polar surface area (TPSA) is 66.9 Å². The molecule has 0 unspecified atom stereocenters. The van der Waals surface area contributed by atoms with E-state index in [0.717, 1.165) is 6.54 Å². The van der Waals surface area contributed by atoms with Crippen LogP contribution in [0.2, 0.25) is 0 Å². The molecule has 1 amide bonds. The molecule has 0 radical (unpaired) electrons. The number of hydrogen-bond donors (Lipinski definition) is 2. The minimum absolute atomic E-state index is 0.0346. The Bertz CT molecular complexity index is 650. The Balaban J connectivity index is 2.04. The standard InChI is InChI=1S/C17H22N4O/c1-12-6-5-7-13(10-12)17(2,3)11-19-15-9-8-14(20-21-15)16(22)18-4/h5-10H,11H2,1-4H3,(H,18,22)(H,19,21). The molecule has 116 valence electrons. The van der Waals surface area contributed by atoms with Crippen LogP contribution >= 0.6 is 0 Å². The van der Waals surface area contributed by atoms with Crippen molar-refractivity contribution in [2.75, 3.05) is 18.9 Å². The first-order chi connectivity index (χ1) is 10.4. The molecule has 2 N–H and O–H groups in total. The number of hydrogen-bond acceptors (Lipinski definition) is 4. The number of nitrogens with zero attached hydrogens (tertiary/aromatic N) is 2. The van der Waals surface area contributed by atoms with Crippen molar-refractivity contribution in [1.29, 1.82) is 0 Å². The van der Waals surface area contributed by atoms with Crippen LogP contribution in [0.5, 0.6) is 0 Å². The van der Waals surface area contributed by atoms with E-state index in [9.17, 15) is 4.79 Å². The monoisotopic (exact) mass is 298 g/mol. The first kappa shape index (κ1) is 15.9. The van der Waals surface area contributed by atoms with Gasteiger partial charge in [0.1, 0.15) is 5.82 Å². The van der Waals surface area contributed by atoms with E-state index in [0.29, 0.717) is 11.5 Å². The molecule has 0 atom stereocenters. The molecule has 1 heterocycles. The summed E-state index contributed by atoms with van der Waals surface area (Å²) in [4.78, 5) is 11.4. The van der Waals surface area contributed by atoms with E-state index >= 15 is 0 Å². The number of aromatic nitrogens is 2. The zero-order valence-corrected chi connectivity index (χ0v) is 13.5. The molecule has 22 heavy (non-hydrogen) atoms. The van der Waals surface area contributed by atoms with Gasteiger partial charge in [0.05, 0.1) is 0 Å². The van der Waals surface area contributed by atoms with Gasteiger partial charge in [-0.05, 0) is 24.6 Å². The van der Waals surface area contributed by atoms with Gasteiger partial charge in [-0.2, -0.15) is 0 Å². The van der Waals surface area contributed by atoms with Crippen LogP contribution in [0.4, 0.5) is 5.82 Å². The Kier molecular flexibility index (Phi) is 4.75. The summed E-state index contributed by atoms with van der Waals surface area (Å²) in [6, 6.07) is 11.9. The quantitative estimate of drug-likeness (QED) is 0.890. The molecule has 0 saturated heterocycles. The second kappa shape index (κ2) is 6.56. The lowest BCUT2D eigenvalue weighted by Crippen LogP contribution is -2.28. The maximum Gasteiger partial charge on any atom is 0.271 e. The third-order valence-corrected chi connectivity index (χ3v) is 3.64. The lowest BCUT2D eigenvalue weighted by Gasteiger charge is -2.26. The van der Waals surface area contributed by atoms with Crippen molar-refractivity contribution < 1.29 is 4.79 Å². The summed E-state index contributed by atoms with van der Waals surface area (Å²) in [6.45, 7) is 7.18. The van der Waals surface area contributed by atoms with Gasteiger partial charge in [0.25, 0.3) is 5.91 Å². The van der Waals surface area contributed by atoms with Gasteiger partial charge in [0, 0.05) is 19.0 Å². The van der Waals surface area contributed by atoms with E-state index in [1.165, 1.54) is 11.1 Å². The first-order valence-corrected chi connectivity index (χ1v) is 7.29. The predicted molar refractivity (Wildman–Crippen MR) is 88.1 cm³/mol. The summed E-state index contributed by atoms with van der Waals surface area (Å²) in [6.07, 6.45) is 0. The third-order valence-electron chi connectivity index (χ3n) is 3.64. The number of carbonyl (C=O) groups is 1. The Morgan fingerprint density at radius 2 is 1.95 bits per heavy atom. The molecule has 0 aliphatic carbocycles. The summed E-state index contributed by atoms with van der Waals surface area (Å²) in [5, 5.41) is 13.8. The maximum atomic E-state index is 11.4. The normalized spacial score (nSPS) is 11.1. The lowest BCUT2D eigenvalue weighted by atomic mass is 9.84. The van der Waals surface area contributed by atoms with E-state index in [4.69, 9.17) is 0 Å². The first-order valence-electron chi connectivity index (χ1n) is 7.29. The van der Waals surface area contributed by atoms with Crippen molar-refractivity contribution in [3.05, 3.63) is 53.2 Å². The number of rotatable bonds is 5. The average molecular weight is 298 g/mol. The molecule has 0 fully saturated rings. The fraction of sp³-hybridized carbons (Fsp3) is 0.353. The van der Waals surface area contributed by atoms with Gasteiger partial charge >= 0.3 is 0 Å². The molecule has 2 rings (SSSR count). The summed E-state index contributed by atoms with van der Waals surface area (Å²) in [5.41, 5.74) is 2.80. The molecule has 1 aromatic carbocycles. The highest BCUT2D eigenvalue weighted by Gasteiger charge is 2.20. The van der Waals surface area contributed by atoms with Crippen molar-refractivity contribution in [2.45, 2.75) is 26.2 Å². The number of amides is 1. The van der Waals surface area contributed by atoms with Gasteiger partial charge in [-0.1, -0.05) is 43.7 Å². The molecule has 0 saturated carbocycles. The fourth-order valence-electron chi connectivity index (χ4n) is 2.16. The fourth-order valence-corrected chi connectivity index (χ4v) is 2.16. The van der Waals surface area contributed by atoms with Gasteiger partial charge in [-0.3, -0.25) is 4.79 Å². The van der Waals surface area contributed by atoms with Crippen LogP contribution in [-0.4, -0.2) is 29.7 Å². The third kappa shape index (κ3) is 3.81. The average Bonchev–Trinajstić information content (AvgIpc) is 2.53. The van der Waals surface area contributed by atoms with Crippen molar-refractivity contribution >= 4 is 11.7 Å². The highest BCUT2D eigenvalue weighted by atomic mass is 16.1. The van der Waals surface area contributed by atoms with E-state index in [1.807, 2.05) is 0 Å². The van der Waals surface area contributed by atoms with Crippen LogP contribution in [0.15, 0.2) is 36.4 Å². The van der Waals surface area contributed by atoms with Crippen LogP contribution < -0.4 is 10.6 Å². The molecule has 1 aromatic heterocycles. The molecule has 5 nitrogen and oxygen atoms in total. The van der Waals surface area contributed by atoms with E-state index in [-0.39, 0.29) is 11.3 Å². The van der Waals surface area contributed by atoms with Crippen LogP contribution in [0, 0.1) is 6.92 Å². The maximum absolute atomic E-state index is 11.4. The van der Waals surface area contributed by atoms with Gasteiger partial charge in [-0.25, -0.2) is 0 Å². The largest absolute Gasteiger partial charge is 0.368 e. The summed E-state index contributed by atoms with van der Waals surface area (Å²) in [5.74, 6) is 0.424. The predicted octanol–water partition coefficient (Wildman–Crippen LogP) is 2.53. The van der Waals surface area contributed by atoms with Gasteiger partial charge in [0.2, 0.25) is 0 Å². The second-order valence-electron chi connectivity index (χ2n) is 5.99. The van der Waals surface area contributed by atoms with Gasteiger partial charge < -0.3 is 10.6 Å². The van der Waals surface area contributed by atoms with Crippen LogP contribution in [0.25, 0.3) is 0 Å². The van der Waals surface area contributed by atoms with E-state index < -0.39 is 0 Å². The summed E-state index contributed by atoms with van der Waals surface area (Å²) in [7, 11) is 1.57. The minimum Gasteiger partial charge on any atom is -0.368 e. The van der Waals surface area contributed by atoms with Crippen molar-refractivity contribution in [3.8, 4) is 0 Å². The minimum atomic E-state index is -0.237. The number of carbonyl (C=O) groups excluding carboxylic acids is 1. The Labute approximate surface area is 131 Å². The smallest absolute Gasteiger partial charge is 0.271 e. The molecule has 0 aliphatic heterocycles. The Morgan fingerprint density at radius 3 is 2.55 bits per heavy atom. The molecular weight excluding hydrogens is 276 g/mol. The molecule has 0 spiro atoms. The molecule has 0 aliphatic rings. The van der Waals surface area contributed by atoms with Gasteiger partial charge in [-0.15, -0.1) is 10.2 Å². The van der Waals surface area contributed by atoms with Crippen molar-refractivity contribution in [1.82, 2.24) is 15.5 Å². The van der Waals surface area contributed by atoms with Crippen LogP contribution in [0.3, 0.4) is 0 Å². The number of nitrogens with one attached hydrogen (secondary N) is 2. The number of anilines is 1. The molecule has 5 heteroatoms. The number of benzene rings is 1. The van der Waals surface area contributed by atoms with Crippen LogP contribution in [0.1, 0.15) is 35.5 Å².